The van der Waals surface area contributed by atoms with E-state index in [1.165, 1.54) is 19.3 Å². The second-order valence-corrected chi connectivity index (χ2v) is 4.41. The van der Waals surface area contributed by atoms with Gasteiger partial charge in [0.05, 0.1) is 0 Å². The van der Waals surface area contributed by atoms with E-state index in [1.54, 1.807) is 0 Å². The molecule has 0 radical (unpaired) electrons. The molecule has 0 bridgehead atoms. The van der Waals surface area contributed by atoms with Crippen LogP contribution >= 0.6 is 0 Å². The van der Waals surface area contributed by atoms with E-state index in [1.807, 2.05) is 6.92 Å². The van der Waals surface area contributed by atoms with E-state index in [2.05, 4.69) is 17.1 Å². The molecule has 0 aromatic carbocycles. The van der Waals surface area contributed by atoms with Gasteiger partial charge in [0.2, 0.25) is 0 Å². The lowest BCUT2D eigenvalue weighted by atomic mass is 10.1. The number of hydrogen-bond acceptors (Lipinski definition) is 7. The molecule has 9 nitrogen and oxygen atoms in total. The molecule has 0 spiro atoms. The van der Waals surface area contributed by atoms with E-state index in [-0.39, 0.29) is 6.10 Å². The standard InChI is InChI=1S/C8H17NO2.C4H6O6/c1-3-4-5-6-7-8(2)11-9-10;5-1(3(7)8)2(6)4(9)10/h8H,3-7H2,1-2H3;1-2,5-6H,(H,7,8)(H,9,10). The Kier molecular flexibility index (Phi) is 13.6. The van der Waals surface area contributed by atoms with E-state index >= 15 is 0 Å². The van der Waals surface area contributed by atoms with Gasteiger partial charge < -0.3 is 25.3 Å². The topological polar surface area (TPSA) is 154 Å². The molecule has 0 saturated heterocycles. The fourth-order valence-electron chi connectivity index (χ4n) is 1.25. The van der Waals surface area contributed by atoms with Crippen molar-refractivity contribution in [1.82, 2.24) is 0 Å². The Morgan fingerprint density at radius 2 is 1.52 bits per heavy atom. The summed E-state index contributed by atoms with van der Waals surface area (Å²) in [6, 6.07) is 0. The average Bonchev–Trinajstić information content (AvgIpc) is 2.42. The first kappa shape index (κ1) is 21.6. The van der Waals surface area contributed by atoms with Gasteiger partial charge in [0.15, 0.2) is 17.5 Å². The first-order valence-corrected chi connectivity index (χ1v) is 6.58. The Morgan fingerprint density at radius 3 is 1.86 bits per heavy atom. The predicted molar refractivity (Wildman–Crippen MR) is 72.4 cm³/mol. The van der Waals surface area contributed by atoms with E-state index in [0.717, 1.165) is 12.8 Å². The number of rotatable bonds is 10. The van der Waals surface area contributed by atoms with Gasteiger partial charge in [-0.2, -0.15) is 0 Å². The maximum Gasteiger partial charge on any atom is 0.335 e. The number of carbonyl (C=O) groups is 2. The second-order valence-electron chi connectivity index (χ2n) is 4.41. The van der Waals surface area contributed by atoms with Crippen molar-refractivity contribution in [2.75, 3.05) is 0 Å². The van der Waals surface area contributed by atoms with E-state index in [0.29, 0.717) is 0 Å². The van der Waals surface area contributed by atoms with Crippen LogP contribution in [0.25, 0.3) is 0 Å². The minimum Gasteiger partial charge on any atom is -0.479 e. The number of carboxylic acid groups (broad SMARTS) is 2. The quantitative estimate of drug-likeness (QED) is 0.264. The van der Waals surface area contributed by atoms with Gasteiger partial charge in [-0.05, 0) is 19.8 Å². The highest BCUT2D eigenvalue weighted by Gasteiger charge is 2.29. The molecular weight excluding hydrogens is 286 g/mol. The van der Waals surface area contributed by atoms with E-state index in [9.17, 15) is 14.5 Å². The summed E-state index contributed by atoms with van der Waals surface area (Å²) in [6.07, 6.45) is 1.25. The molecule has 0 aliphatic heterocycles. The van der Waals surface area contributed by atoms with Gasteiger partial charge >= 0.3 is 11.9 Å². The number of aliphatic carboxylic acids is 2. The summed E-state index contributed by atoms with van der Waals surface area (Å²) in [5.74, 6) is -3.54. The van der Waals surface area contributed by atoms with Gasteiger partial charge in [-0.1, -0.05) is 26.2 Å². The molecule has 0 aromatic rings. The van der Waals surface area contributed by atoms with Crippen molar-refractivity contribution in [3.8, 4) is 0 Å². The Morgan fingerprint density at radius 1 is 1.05 bits per heavy atom. The summed E-state index contributed by atoms with van der Waals surface area (Å²) in [6.45, 7) is 4.04. The largest absolute Gasteiger partial charge is 0.479 e. The Hall–Kier alpha value is -1.74. The monoisotopic (exact) mass is 309 g/mol. The molecule has 0 saturated carbocycles. The van der Waals surface area contributed by atoms with E-state index in [4.69, 9.17) is 20.4 Å². The van der Waals surface area contributed by atoms with Crippen LogP contribution in [0.5, 0.6) is 0 Å². The Balaban J connectivity index is 0. The molecule has 0 aliphatic rings. The highest BCUT2D eigenvalue weighted by atomic mass is 16.7. The maximum absolute atomic E-state index is 9.77. The fraction of sp³-hybridized carbons (Fsp3) is 0.833. The normalized spacial score (nSPS) is 14.1. The van der Waals surface area contributed by atoms with Gasteiger partial charge in [0.25, 0.3) is 0 Å². The number of carboxylic acids is 2. The van der Waals surface area contributed by atoms with Crippen molar-refractivity contribution in [2.45, 2.75) is 64.3 Å². The third kappa shape index (κ3) is 13.0. The van der Waals surface area contributed by atoms with Crippen LogP contribution in [0.15, 0.2) is 5.34 Å². The van der Waals surface area contributed by atoms with Crippen LogP contribution in [0.4, 0.5) is 0 Å². The van der Waals surface area contributed by atoms with Crippen LogP contribution in [0.2, 0.25) is 0 Å². The van der Waals surface area contributed by atoms with Crippen molar-refractivity contribution in [3.05, 3.63) is 4.91 Å². The summed E-state index contributed by atoms with van der Waals surface area (Å²) in [5, 5.41) is 34.9. The zero-order valence-electron chi connectivity index (χ0n) is 12.1. The smallest absolute Gasteiger partial charge is 0.335 e. The molecule has 21 heavy (non-hydrogen) atoms. The minimum absolute atomic E-state index is 0.00986. The first-order chi connectivity index (χ1) is 9.77. The highest BCUT2D eigenvalue weighted by molar-refractivity contribution is 5.83. The lowest BCUT2D eigenvalue weighted by Crippen LogP contribution is -2.39. The van der Waals surface area contributed by atoms with Crippen molar-refractivity contribution in [2.24, 2.45) is 5.34 Å². The molecule has 0 amide bonds. The molecule has 0 rings (SSSR count). The molecule has 3 unspecified atom stereocenters. The lowest BCUT2D eigenvalue weighted by Gasteiger charge is -2.07. The van der Waals surface area contributed by atoms with Crippen molar-refractivity contribution < 1.29 is 34.9 Å². The van der Waals surface area contributed by atoms with Crippen LogP contribution in [0.3, 0.4) is 0 Å². The molecule has 3 atom stereocenters. The van der Waals surface area contributed by atoms with Gasteiger partial charge in [0.1, 0.15) is 6.10 Å². The van der Waals surface area contributed by atoms with Gasteiger partial charge in [-0.3, -0.25) is 0 Å². The summed E-state index contributed by atoms with van der Waals surface area (Å²) >= 11 is 0. The molecule has 9 heteroatoms. The minimum atomic E-state index is -2.27. The number of aliphatic hydroxyl groups is 2. The molecule has 0 aromatic heterocycles. The van der Waals surface area contributed by atoms with Crippen molar-refractivity contribution in [1.29, 1.82) is 0 Å². The maximum atomic E-state index is 9.77. The van der Waals surface area contributed by atoms with Gasteiger partial charge in [0, 0.05) is 0 Å². The highest BCUT2D eigenvalue weighted by Crippen LogP contribution is 2.07. The van der Waals surface area contributed by atoms with Crippen molar-refractivity contribution >= 4 is 11.9 Å². The number of unbranched alkanes of at least 4 members (excludes halogenated alkanes) is 3. The van der Waals surface area contributed by atoms with Crippen molar-refractivity contribution in [3.63, 3.8) is 0 Å². The summed E-state index contributed by atoms with van der Waals surface area (Å²) < 4.78 is 0. The number of nitrogens with zero attached hydrogens (tertiary/aromatic N) is 1. The summed E-state index contributed by atoms with van der Waals surface area (Å²) in [5.41, 5.74) is 0. The van der Waals surface area contributed by atoms with Crippen LogP contribution in [0.1, 0.15) is 46.0 Å². The van der Waals surface area contributed by atoms with Crippen LogP contribution < -0.4 is 0 Å². The SMILES string of the molecule is CCCCCCC(C)ON=O.O=C(O)C(O)C(O)C(=O)O. The zero-order chi connectivity index (χ0) is 16.8. The predicted octanol–water partition coefficient (Wildman–Crippen LogP) is 0.921. The van der Waals surface area contributed by atoms with Crippen LogP contribution in [0, 0.1) is 4.91 Å². The fourth-order valence-corrected chi connectivity index (χ4v) is 1.25. The molecule has 0 heterocycles. The van der Waals surface area contributed by atoms with Crippen LogP contribution in [-0.4, -0.2) is 50.7 Å². The first-order valence-electron chi connectivity index (χ1n) is 6.58. The van der Waals surface area contributed by atoms with Gasteiger partial charge in [-0.25, -0.2) is 9.59 Å². The molecule has 0 aliphatic carbocycles. The third-order valence-corrected chi connectivity index (χ3v) is 2.49. The molecular formula is C12H23NO8. The summed E-state index contributed by atoms with van der Waals surface area (Å²) in [4.78, 5) is 33.7. The molecule has 124 valence electrons. The van der Waals surface area contributed by atoms with Gasteiger partial charge in [-0.15, -0.1) is 4.91 Å². The average molecular weight is 309 g/mol. The Labute approximate surface area is 122 Å². The zero-order valence-corrected chi connectivity index (χ0v) is 12.1. The third-order valence-electron chi connectivity index (χ3n) is 2.49. The van der Waals surface area contributed by atoms with Crippen LogP contribution in [-0.2, 0) is 14.4 Å². The lowest BCUT2D eigenvalue weighted by molar-refractivity contribution is -0.165. The number of hydrogen-bond donors (Lipinski definition) is 4. The van der Waals surface area contributed by atoms with E-state index < -0.39 is 24.1 Å². The molecule has 0 fully saturated rings. The summed E-state index contributed by atoms with van der Waals surface area (Å²) in [7, 11) is 0. The Bertz CT molecular complexity index is 292. The second kappa shape index (κ2) is 13.3. The number of aliphatic hydroxyl groups excluding tert-OH is 2. The molecule has 4 N–H and O–H groups in total.